The van der Waals surface area contributed by atoms with Crippen LogP contribution in [0.4, 0.5) is 22.0 Å². The molecule has 0 bridgehead atoms. The Morgan fingerprint density at radius 3 is 2.18 bits per heavy atom. The Balaban J connectivity index is 3.34. The third-order valence-electron chi connectivity index (χ3n) is 2.33. The number of hydrogen-bond acceptors (Lipinski definition) is 1. The van der Waals surface area contributed by atoms with Crippen molar-refractivity contribution in [2.45, 2.75) is 25.1 Å². The highest BCUT2D eigenvalue weighted by molar-refractivity contribution is 6.31. The zero-order valence-corrected chi connectivity index (χ0v) is 9.41. The summed E-state index contributed by atoms with van der Waals surface area (Å²) in [7, 11) is 0. The molecule has 0 spiro atoms. The van der Waals surface area contributed by atoms with Crippen LogP contribution in [0.5, 0.6) is 0 Å². The molecule has 0 aliphatic rings. The molecular weight excluding hydrogens is 265 g/mol. The predicted molar refractivity (Wildman–Crippen MR) is 54.0 cm³/mol. The lowest BCUT2D eigenvalue weighted by molar-refractivity contribution is -0.137. The average Bonchev–Trinajstić information content (AvgIpc) is 2.15. The van der Waals surface area contributed by atoms with E-state index in [4.69, 9.17) is 17.3 Å². The van der Waals surface area contributed by atoms with Crippen LogP contribution in [0.15, 0.2) is 18.2 Å². The van der Waals surface area contributed by atoms with Crippen LogP contribution in [-0.4, -0.2) is 6.43 Å². The van der Waals surface area contributed by atoms with Crippen LogP contribution in [0, 0.1) is 0 Å². The summed E-state index contributed by atoms with van der Waals surface area (Å²) in [6.07, 6.45) is -7.65. The molecule has 1 aromatic carbocycles. The van der Waals surface area contributed by atoms with Gasteiger partial charge in [-0.25, -0.2) is 8.78 Å². The summed E-state index contributed by atoms with van der Waals surface area (Å²) < 4.78 is 62.5. The van der Waals surface area contributed by atoms with Gasteiger partial charge in [0, 0.05) is 5.02 Å². The van der Waals surface area contributed by atoms with E-state index >= 15 is 0 Å². The van der Waals surface area contributed by atoms with Crippen molar-refractivity contribution in [3.63, 3.8) is 0 Å². The van der Waals surface area contributed by atoms with Crippen molar-refractivity contribution in [2.24, 2.45) is 5.73 Å². The van der Waals surface area contributed by atoms with Gasteiger partial charge in [0.25, 0.3) is 6.43 Å². The van der Waals surface area contributed by atoms with Crippen LogP contribution < -0.4 is 5.73 Å². The lowest BCUT2D eigenvalue weighted by atomic mass is 9.92. The van der Waals surface area contributed by atoms with Crippen LogP contribution in [0.2, 0.25) is 5.02 Å². The average molecular weight is 274 g/mol. The summed E-state index contributed by atoms with van der Waals surface area (Å²) in [5.74, 6) is 0. The molecule has 0 aliphatic carbocycles. The summed E-state index contributed by atoms with van der Waals surface area (Å²) in [4.78, 5) is 0. The fourth-order valence-corrected chi connectivity index (χ4v) is 1.55. The number of rotatable bonds is 2. The van der Waals surface area contributed by atoms with Crippen molar-refractivity contribution in [3.05, 3.63) is 34.3 Å². The van der Waals surface area contributed by atoms with Gasteiger partial charge in [0.2, 0.25) is 0 Å². The number of nitrogens with two attached hydrogens (primary N) is 1. The van der Waals surface area contributed by atoms with E-state index in [9.17, 15) is 22.0 Å². The SMILES string of the molecule is CC(N)(c1cc(C(F)(F)F)ccc1Cl)C(F)F. The van der Waals surface area contributed by atoms with Gasteiger partial charge in [-0.05, 0) is 30.7 Å². The fraction of sp³-hybridized carbons (Fsp3) is 0.400. The fourth-order valence-electron chi connectivity index (χ4n) is 1.23. The minimum absolute atomic E-state index is 0.219. The van der Waals surface area contributed by atoms with Gasteiger partial charge < -0.3 is 5.73 Å². The van der Waals surface area contributed by atoms with E-state index in [1.807, 2.05) is 0 Å². The molecule has 7 heteroatoms. The molecule has 2 N–H and O–H groups in total. The molecule has 1 rings (SSSR count). The van der Waals surface area contributed by atoms with E-state index in [1.54, 1.807) is 0 Å². The number of halogens is 6. The van der Waals surface area contributed by atoms with E-state index in [0.29, 0.717) is 12.1 Å². The first kappa shape index (κ1) is 14.2. The third-order valence-corrected chi connectivity index (χ3v) is 2.66. The molecule has 1 atom stereocenters. The predicted octanol–water partition coefficient (Wildman–Crippen LogP) is 3.80. The second-order valence-corrected chi connectivity index (χ2v) is 4.18. The molecule has 1 unspecified atom stereocenters. The minimum atomic E-state index is -4.63. The van der Waals surface area contributed by atoms with E-state index in [0.717, 1.165) is 13.0 Å². The quantitative estimate of drug-likeness (QED) is 0.815. The molecular formula is C10H9ClF5N. The maximum atomic E-state index is 12.6. The Bertz CT molecular complexity index is 414. The monoisotopic (exact) mass is 273 g/mol. The zero-order valence-electron chi connectivity index (χ0n) is 8.65. The molecule has 1 nitrogen and oxygen atoms in total. The Morgan fingerprint density at radius 1 is 1.24 bits per heavy atom. The van der Waals surface area contributed by atoms with Gasteiger partial charge in [0.15, 0.2) is 0 Å². The lowest BCUT2D eigenvalue weighted by Crippen LogP contribution is -2.41. The van der Waals surface area contributed by atoms with Gasteiger partial charge in [-0.1, -0.05) is 11.6 Å². The van der Waals surface area contributed by atoms with E-state index < -0.39 is 29.3 Å². The van der Waals surface area contributed by atoms with Crippen molar-refractivity contribution in [3.8, 4) is 0 Å². The largest absolute Gasteiger partial charge is 0.416 e. The number of alkyl halides is 5. The second kappa shape index (κ2) is 4.42. The number of benzene rings is 1. The van der Waals surface area contributed by atoms with Crippen molar-refractivity contribution in [1.82, 2.24) is 0 Å². The highest BCUT2D eigenvalue weighted by Gasteiger charge is 2.37. The molecule has 0 radical (unpaired) electrons. The topological polar surface area (TPSA) is 26.0 Å². The molecule has 0 saturated carbocycles. The van der Waals surface area contributed by atoms with Gasteiger partial charge in [0.1, 0.15) is 5.54 Å². The van der Waals surface area contributed by atoms with Gasteiger partial charge in [-0.3, -0.25) is 0 Å². The molecule has 0 amide bonds. The molecule has 96 valence electrons. The molecule has 0 aromatic heterocycles. The Labute approximate surface area is 99.4 Å². The van der Waals surface area contributed by atoms with Crippen molar-refractivity contribution >= 4 is 11.6 Å². The van der Waals surface area contributed by atoms with E-state index in [-0.39, 0.29) is 5.02 Å². The summed E-state index contributed by atoms with van der Waals surface area (Å²) >= 11 is 5.59. The van der Waals surface area contributed by atoms with Crippen LogP contribution in [0.25, 0.3) is 0 Å². The maximum absolute atomic E-state index is 12.6. The standard InChI is InChI=1S/C10H9ClF5N/c1-9(17,8(12)13)6-4-5(10(14,15)16)2-3-7(6)11/h2-4,8H,17H2,1H3. The van der Waals surface area contributed by atoms with Crippen molar-refractivity contribution in [1.29, 1.82) is 0 Å². The van der Waals surface area contributed by atoms with Crippen LogP contribution in [0.3, 0.4) is 0 Å². The lowest BCUT2D eigenvalue weighted by Gasteiger charge is -2.26. The van der Waals surface area contributed by atoms with Crippen LogP contribution in [-0.2, 0) is 11.7 Å². The van der Waals surface area contributed by atoms with Crippen molar-refractivity contribution < 1.29 is 22.0 Å². The molecule has 1 aromatic rings. The zero-order chi connectivity index (χ0) is 13.4. The van der Waals surface area contributed by atoms with Gasteiger partial charge in [-0.15, -0.1) is 0 Å². The first-order valence-electron chi connectivity index (χ1n) is 4.51. The van der Waals surface area contributed by atoms with E-state index in [2.05, 4.69) is 0 Å². The summed E-state index contributed by atoms with van der Waals surface area (Å²) in [6.45, 7) is 0.930. The second-order valence-electron chi connectivity index (χ2n) is 3.78. The molecule has 0 heterocycles. The minimum Gasteiger partial charge on any atom is -0.317 e. The summed E-state index contributed by atoms with van der Waals surface area (Å²) in [6, 6.07) is 2.18. The highest BCUT2D eigenvalue weighted by atomic mass is 35.5. The molecule has 0 fully saturated rings. The Hall–Kier alpha value is -0.880. The summed E-state index contributed by atoms with van der Waals surface area (Å²) in [5, 5.41) is -0.219. The summed E-state index contributed by atoms with van der Waals surface area (Å²) in [5.41, 5.74) is 1.58. The normalized spacial score (nSPS) is 16.1. The van der Waals surface area contributed by atoms with Crippen molar-refractivity contribution in [2.75, 3.05) is 0 Å². The van der Waals surface area contributed by atoms with Gasteiger partial charge >= 0.3 is 6.18 Å². The molecule has 0 saturated heterocycles. The van der Waals surface area contributed by atoms with Gasteiger partial charge in [-0.2, -0.15) is 13.2 Å². The smallest absolute Gasteiger partial charge is 0.317 e. The maximum Gasteiger partial charge on any atom is 0.416 e. The molecule has 17 heavy (non-hydrogen) atoms. The Morgan fingerprint density at radius 2 is 1.76 bits per heavy atom. The van der Waals surface area contributed by atoms with Gasteiger partial charge in [0.05, 0.1) is 5.56 Å². The van der Waals surface area contributed by atoms with Crippen LogP contribution in [0.1, 0.15) is 18.1 Å². The first-order valence-corrected chi connectivity index (χ1v) is 4.89. The Kier molecular flexibility index (Phi) is 3.69. The van der Waals surface area contributed by atoms with Crippen LogP contribution >= 0.6 is 11.6 Å². The molecule has 0 aliphatic heterocycles. The number of hydrogen-bond donors (Lipinski definition) is 1. The van der Waals surface area contributed by atoms with E-state index in [1.165, 1.54) is 0 Å². The first-order chi connectivity index (χ1) is 7.56. The highest BCUT2D eigenvalue weighted by Crippen LogP contribution is 2.36. The third kappa shape index (κ3) is 2.87.